The number of aliphatic carboxylic acids is 1. The van der Waals surface area contributed by atoms with E-state index in [1.165, 1.54) is 23.8 Å². The van der Waals surface area contributed by atoms with Crippen LogP contribution in [0.5, 0.6) is 0 Å². The molecule has 1 unspecified atom stereocenters. The second kappa shape index (κ2) is 9.28. The number of thiazole rings is 1. The van der Waals surface area contributed by atoms with Gasteiger partial charge in [0, 0.05) is 22.8 Å². The van der Waals surface area contributed by atoms with Crippen molar-refractivity contribution in [3.63, 3.8) is 0 Å². The molecule has 36 heavy (non-hydrogen) atoms. The van der Waals surface area contributed by atoms with E-state index in [2.05, 4.69) is 15.5 Å². The number of thioether (sulfide) groups is 1. The van der Waals surface area contributed by atoms with Crippen LogP contribution < -0.4 is 15.6 Å². The Morgan fingerprint density at radius 3 is 2.97 bits per heavy atom. The normalized spacial score (nSPS) is 19.8. The van der Waals surface area contributed by atoms with Crippen molar-refractivity contribution in [1.82, 2.24) is 15.2 Å². The molecule has 2 aliphatic heterocycles. The highest BCUT2D eigenvalue weighted by molar-refractivity contribution is 8.00. The van der Waals surface area contributed by atoms with Crippen molar-refractivity contribution in [3.8, 4) is 0 Å². The molecule has 1 saturated heterocycles. The number of anilines is 1. The molecule has 12 nitrogen and oxygen atoms in total. The fourth-order valence-electron chi connectivity index (χ4n) is 4.23. The van der Waals surface area contributed by atoms with E-state index in [9.17, 15) is 19.5 Å². The Kier molecular flexibility index (Phi) is 6.14. The topological polar surface area (TPSA) is 164 Å². The summed E-state index contributed by atoms with van der Waals surface area (Å²) in [5.74, 6) is -1.30. The number of aromatic nitrogens is 2. The van der Waals surface area contributed by atoms with Gasteiger partial charge in [-0.1, -0.05) is 5.16 Å². The van der Waals surface area contributed by atoms with E-state index in [1.54, 1.807) is 5.38 Å². The molecule has 0 aromatic carbocycles. The molecule has 2 atom stereocenters. The average molecular weight is 530 g/mol. The van der Waals surface area contributed by atoms with Gasteiger partial charge in [0.2, 0.25) is 0 Å². The van der Waals surface area contributed by atoms with Gasteiger partial charge in [0.15, 0.2) is 29.2 Å². The number of rotatable bonds is 7. The summed E-state index contributed by atoms with van der Waals surface area (Å²) in [6.07, 6.45) is 1.84. The third kappa shape index (κ3) is 4.07. The first-order valence-corrected chi connectivity index (χ1v) is 12.6. The number of nitrogen functional groups attached to an aromatic ring is 1. The zero-order chi connectivity index (χ0) is 25.6. The number of hydrogen-bond donors (Lipinski definition) is 3. The predicted octanol–water partition coefficient (Wildman–Crippen LogP) is 0.857. The largest absolute Gasteiger partial charge is 0.477 e. The summed E-state index contributed by atoms with van der Waals surface area (Å²) in [6.45, 7) is 2.11. The summed E-state index contributed by atoms with van der Waals surface area (Å²) in [5.41, 5.74) is 7.76. The van der Waals surface area contributed by atoms with Crippen molar-refractivity contribution in [3.05, 3.63) is 52.5 Å². The van der Waals surface area contributed by atoms with E-state index in [-0.39, 0.29) is 28.8 Å². The summed E-state index contributed by atoms with van der Waals surface area (Å²) in [7, 11) is 1.28. The van der Waals surface area contributed by atoms with Gasteiger partial charge >= 0.3 is 5.97 Å². The minimum atomic E-state index is -1.20. The monoisotopic (exact) mass is 529 g/mol. The van der Waals surface area contributed by atoms with Crippen molar-refractivity contribution >= 4 is 62.8 Å². The van der Waals surface area contributed by atoms with Gasteiger partial charge < -0.3 is 25.4 Å². The molecular formula is C22H21N6O6S2+. The number of nitrogens with two attached hydrogens (primary N) is 1. The number of carboxylic acid groups (broad SMARTS) is 1. The highest BCUT2D eigenvalue weighted by atomic mass is 32.2. The van der Waals surface area contributed by atoms with Gasteiger partial charge in [-0.05, 0) is 13.0 Å². The molecule has 2 aliphatic rings. The fraction of sp³-hybridized carbons (Fsp3) is 0.273. The minimum Gasteiger partial charge on any atom is -0.477 e. The number of fused-ring (bicyclic) bond motifs is 2. The van der Waals surface area contributed by atoms with E-state index >= 15 is 0 Å². The Balaban J connectivity index is 1.38. The van der Waals surface area contributed by atoms with Gasteiger partial charge in [-0.25, -0.2) is 9.78 Å². The summed E-state index contributed by atoms with van der Waals surface area (Å²) in [6, 6.07) is 4.61. The number of carbonyl (C=O) groups excluding carboxylic acids is 2. The molecule has 2 amide bonds. The van der Waals surface area contributed by atoms with Crippen molar-refractivity contribution in [1.29, 1.82) is 0 Å². The molecular weight excluding hydrogens is 508 g/mol. The third-order valence-electron chi connectivity index (χ3n) is 5.75. The second-order valence-corrected chi connectivity index (χ2v) is 10.0. The van der Waals surface area contributed by atoms with E-state index in [4.69, 9.17) is 15.0 Å². The lowest BCUT2D eigenvalue weighted by Gasteiger charge is -2.49. The van der Waals surface area contributed by atoms with E-state index < -0.39 is 29.2 Å². The maximum absolute atomic E-state index is 13.1. The fourth-order valence-corrected chi connectivity index (χ4v) is 6.11. The van der Waals surface area contributed by atoms with Crippen LogP contribution in [0.15, 0.2) is 50.6 Å². The van der Waals surface area contributed by atoms with Crippen LogP contribution in [-0.4, -0.2) is 62.8 Å². The van der Waals surface area contributed by atoms with Gasteiger partial charge in [0.25, 0.3) is 17.3 Å². The molecule has 5 rings (SSSR count). The van der Waals surface area contributed by atoms with Gasteiger partial charge in [-0.3, -0.25) is 14.5 Å². The zero-order valence-corrected chi connectivity index (χ0v) is 20.8. The molecule has 186 valence electrons. The third-order valence-corrected chi connectivity index (χ3v) is 7.76. The number of amides is 2. The lowest BCUT2D eigenvalue weighted by Crippen LogP contribution is -2.71. The van der Waals surface area contributed by atoms with E-state index in [1.807, 2.05) is 35.9 Å². The number of carbonyl (C=O) groups is 3. The minimum absolute atomic E-state index is 0.0722. The first-order chi connectivity index (χ1) is 17.3. The van der Waals surface area contributed by atoms with Gasteiger partial charge in [-0.15, -0.1) is 23.1 Å². The van der Waals surface area contributed by atoms with Gasteiger partial charge in [0.1, 0.15) is 35.7 Å². The summed E-state index contributed by atoms with van der Waals surface area (Å²) in [5, 5.41) is 17.6. The Hall–Kier alpha value is -3.91. The maximum atomic E-state index is 13.1. The molecule has 0 bridgehead atoms. The Morgan fingerprint density at radius 1 is 1.47 bits per heavy atom. The molecule has 0 aliphatic carbocycles. The van der Waals surface area contributed by atoms with Crippen molar-refractivity contribution in [2.45, 2.75) is 24.9 Å². The number of β-lactam (4-membered cyclic amide) rings is 1. The Morgan fingerprint density at radius 2 is 2.28 bits per heavy atom. The summed E-state index contributed by atoms with van der Waals surface area (Å²) < 4.78 is 7.56. The standard InChI is InChI=1S/C22H20N6O6S2/c1-10-6-13-14(34-10)4-3-5-27(13)7-11-8-35-20-16(19(30)28(20)17(11)21(31)32)25-18(29)15(26-33-2)12-9-36-22(23)24-12/h3-6,9,16,20H,7-8H2,1-2H3,(H3-,23,24,25,29,31,32)/p+1/b26-15-/t16?,20-/m1/s1. The predicted molar refractivity (Wildman–Crippen MR) is 131 cm³/mol. The van der Waals surface area contributed by atoms with Crippen LogP contribution in [0.1, 0.15) is 11.5 Å². The second-order valence-electron chi connectivity index (χ2n) is 8.05. The van der Waals surface area contributed by atoms with Crippen LogP contribution in [0.25, 0.3) is 11.1 Å². The van der Waals surface area contributed by atoms with Crippen LogP contribution in [0.2, 0.25) is 0 Å². The Bertz CT molecular complexity index is 1460. The number of nitrogens with zero attached hydrogens (tertiary/aromatic N) is 4. The van der Waals surface area contributed by atoms with Gasteiger partial charge in [0.05, 0.1) is 6.07 Å². The van der Waals surface area contributed by atoms with Crippen LogP contribution in [0.3, 0.4) is 0 Å². The smallest absolute Gasteiger partial charge is 0.352 e. The molecule has 0 radical (unpaired) electrons. The molecule has 3 aromatic heterocycles. The quantitative estimate of drug-likeness (QED) is 0.174. The number of nitrogens with one attached hydrogen (secondary N) is 1. The van der Waals surface area contributed by atoms with Crippen LogP contribution >= 0.6 is 23.1 Å². The first-order valence-electron chi connectivity index (χ1n) is 10.7. The number of aryl methyl sites for hydroxylation is 1. The SMILES string of the molecule is CO/N=C(\C(=O)NC1C(=O)N2C(C(=O)O)=C(C[n+]3cccc4oc(C)cc43)CS[C@H]12)c1csc(N)n1. The summed E-state index contributed by atoms with van der Waals surface area (Å²) in [4.78, 5) is 48.2. The lowest BCUT2D eigenvalue weighted by atomic mass is 10.0. The zero-order valence-electron chi connectivity index (χ0n) is 19.1. The van der Waals surface area contributed by atoms with Crippen molar-refractivity contribution < 1.29 is 33.3 Å². The van der Waals surface area contributed by atoms with Crippen LogP contribution in [0, 0.1) is 6.92 Å². The van der Waals surface area contributed by atoms with Crippen molar-refractivity contribution in [2.24, 2.45) is 5.16 Å². The van der Waals surface area contributed by atoms with E-state index in [0.717, 1.165) is 22.6 Å². The number of furan rings is 1. The van der Waals surface area contributed by atoms with Crippen LogP contribution in [0.4, 0.5) is 5.13 Å². The number of pyridine rings is 1. The van der Waals surface area contributed by atoms with Gasteiger partial charge in [-0.2, -0.15) is 4.57 Å². The highest BCUT2D eigenvalue weighted by Crippen LogP contribution is 2.40. The molecule has 0 spiro atoms. The number of hydrogen-bond acceptors (Lipinski definition) is 10. The maximum Gasteiger partial charge on any atom is 0.352 e. The molecule has 5 heterocycles. The molecule has 0 saturated carbocycles. The van der Waals surface area contributed by atoms with Crippen molar-refractivity contribution in [2.75, 3.05) is 18.6 Å². The number of carboxylic acids is 1. The molecule has 4 N–H and O–H groups in total. The number of oxime groups is 1. The molecule has 1 fully saturated rings. The van der Waals surface area contributed by atoms with E-state index in [0.29, 0.717) is 16.9 Å². The average Bonchev–Trinajstić information content (AvgIpc) is 3.45. The molecule has 3 aromatic rings. The Labute approximate surface area is 212 Å². The first kappa shape index (κ1) is 23.8. The highest BCUT2D eigenvalue weighted by Gasteiger charge is 2.54. The summed E-state index contributed by atoms with van der Waals surface area (Å²) >= 11 is 2.51. The lowest BCUT2D eigenvalue weighted by molar-refractivity contribution is -0.663. The van der Waals surface area contributed by atoms with Crippen LogP contribution in [-0.2, 0) is 25.8 Å². The molecule has 14 heteroatoms.